The predicted octanol–water partition coefficient (Wildman–Crippen LogP) is 6.47. The van der Waals surface area contributed by atoms with Crippen LogP contribution in [0.25, 0.3) is 0 Å². The van der Waals surface area contributed by atoms with E-state index in [1.807, 2.05) is 18.2 Å². The van der Waals surface area contributed by atoms with Gasteiger partial charge in [0.25, 0.3) is 0 Å². The summed E-state index contributed by atoms with van der Waals surface area (Å²) in [6.07, 6.45) is 4.62. The van der Waals surface area contributed by atoms with Crippen LogP contribution >= 0.6 is 23.2 Å². The van der Waals surface area contributed by atoms with Gasteiger partial charge in [0.05, 0.1) is 23.6 Å². The molecule has 0 unspecified atom stereocenters. The van der Waals surface area contributed by atoms with Crippen LogP contribution in [0.15, 0.2) is 42.5 Å². The lowest BCUT2D eigenvalue weighted by atomic mass is 9.57. The zero-order chi connectivity index (χ0) is 25.2. The minimum absolute atomic E-state index is 0.0586. The van der Waals surface area contributed by atoms with Crippen molar-refractivity contribution in [2.75, 3.05) is 33.8 Å². The van der Waals surface area contributed by atoms with E-state index in [0.717, 1.165) is 56.6 Å². The lowest BCUT2D eigenvalue weighted by Gasteiger charge is -2.54. The Balaban J connectivity index is 1.64. The van der Waals surface area contributed by atoms with Crippen LogP contribution in [0.2, 0.25) is 10.0 Å². The lowest BCUT2D eigenvalue weighted by Crippen LogP contribution is -2.56. The second-order valence-corrected chi connectivity index (χ2v) is 11.7. The quantitative estimate of drug-likeness (QED) is 0.422. The highest BCUT2D eigenvalue weighted by Crippen LogP contribution is 2.50. The summed E-state index contributed by atoms with van der Waals surface area (Å²) in [5, 5.41) is 1.01. The van der Waals surface area contributed by atoms with Crippen molar-refractivity contribution in [3.05, 3.63) is 63.6 Å². The second kappa shape index (κ2) is 11.1. The Labute approximate surface area is 220 Å². The first kappa shape index (κ1) is 26.3. The molecule has 1 saturated heterocycles. The van der Waals surface area contributed by atoms with E-state index in [1.54, 1.807) is 13.2 Å². The Morgan fingerprint density at radius 3 is 2.69 bits per heavy atom. The molecule has 1 heterocycles. The van der Waals surface area contributed by atoms with Crippen molar-refractivity contribution in [3.8, 4) is 5.75 Å². The number of hydrogen-bond donors (Lipinski definition) is 0. The average Bonchev–Trinajstić information content (AvgIpc) is 2.84. The fourth-order valence-corrected chi connectivity index (χ4v) is 6.58. The normalized spacial score (nSPS) is 24.8. The van der Waals surface area contributed by atoms with Crippen molar-refractivity contribution < 1.29 is 9.53 Å². The van der Waals surface area contributed by atoms with E-state index in [0.29, 0.717) is 28.3 Å². The molecule has 1 aliphatic carbocycles. The van der Waals surface area contributed by atoms with Crippen molar-refractivity contribution in [2.45, 2.75) is 57.4 Å². The van der Waals surface area contributed by atoms with Gasteiger partial charge in [-0.15, -0.1) is 0 Å². The molecule has 4 nitrogen and oxygen atoms in total. The number of ether oxygens (including phenoxy) is 1. The molecule has 0 spiro atoms. The second-order valence-electron chi connectivity index (χ2n) is 10.9. The van der Waals surface area contributed by atoms with Crippen molar-refractivity contribution in [1.29, 1.82) is 0 Å². The first-order valence-electron chi connectivity index (χ1n) is 12.8. The van der Waals surface area contributed by atoms with Gasteiger partial charge in [-0.3, -0.25) is 4.79 Å². The van der Waals surface area contributed by atoms with Crippen LogP contribution in [-0.4, -0.2) is 55.5 Å². The van der Waals surface area contributed by atoms with Gasteiger partial charge in [0.15, 0.2) is 0 Å². The fourth-order valence-electron chi connectivity index (χ4n) is 6.26. The number of benzene rings is 2. The van der Waals surface area contributed by atoms with Crippen LogP contribution in [0.4, 0.5) is 0 Å². The van der Waals surface area contributed by atoms with Gasteiger partial charge in [-0.25, -0.2) is 0 Å². The molecule has 2 aliphatic rings. The van der Waals surface area contributed by atoms with Gasteiger partial charge >= 0.3 is 0 Å². The Morgan fingerprint density at radius 1 is 1.17 bits per heavy atom. The summed E-state index contributed by atoms with van der Waals surface area (Å²) < 4.78 is 5.60. The molecule has 6 heteroatoms. The highest BCUT2D eigenvalue weighted by Gasteiger charge is 2.49. The summed E-state index contributed by atoms with van der Waals surface area (Å²) in [5.41, 5.74) is 2.33. The standard InChI is InChI=1S/C29H38Cl2N2O2/c1-20(2)18-33(28(34)15-21-8-11-26(30)27(31)14-21)24-10-9-23-19-32(3)13-12-29(23,17-24)22-6-5-7-25(16-22)35-4/h5-8,11,14,16,20,23-24H,9-10,12-13,15,17-19H2,1-4H3/t23-,24+,29+/m1/s1. The van der Waals surface area contributed by atoms with E-state index < -0.39 is 0 Å². The molecule has 0 aromatic heterocycles. The number of carbonyl (C=O) groups is 1. The minimum atomic E-state index is 0.0586. The molecule has 1 amide bonds. The fraction of sp³-hybridized carbons (Fsp3) is 0.552. The largest absolute Gasteiger partial charge is 0.497 e. The number of piperidine rings is 1. The average molecular weight is 518 g/mol. The highest BCUT2D eigenvalue weighted by molar-refractivity contribution is 6.42. The number of likely N-dealkylation sites (tertiary alicyclic amines) is 1. The molecule has 1 aliphatic heterocycles. The molecule has 2 aromatic carbocycles. The van der Waals surface area contributed by atoms with E-state index in [4.69, 9.17) is 27.9 Å². The minimum Gasteiger partial charge on any atom is -0.497 e. The molecule has 2 fully saturated rings. The van der Waals surface area contributed by atoms with Crippen LogP contribution in [0, 0.1) is 11.8 Å². The smallest absolute Gasteiger partial charge is 0.227 e. The van der Waals surface area contributed by atoms with Crippen LogP contribution in [0.5, 0.6) is 5.75 Å². The summed E-state index contributed by atoms with van der Waals surface area (Å²) in [6, 6.07) is 14.4. The van der Waals surface area contributed by atoms with Gasteiger partial charge in [0, 0.05) is 24.5 Å². The number of rotatable bonds is 7. The zero-order valence-corrected chi connectivity index (χ0v) is 22.9. The zero-order valence-electron chi connectivity index (χ0n) is 21.4. The maximum atomic E-state index is 13.7. The lowest BCUT2D eigenvalue weighted by molar-refractivity contribution is -0.135. The Hall–Kier alpha value is -1.75. The van der Waals surface area contributed by atoms with Crippen LogP contribution in [0.3, 0.4) is 0 Å². The van der Waals surface area contributed by atoms with E-state index in [2.05, 4.69) is 48.9 Å². The third-order valence-corrected chi connectivity index (χ3v) is 8.75. The molecule has 35 heavy (non-hydrogen) atoms. The Kier molecular flexibility index (Phi) is 8.35. The number of carbonyl (C=O) groups excluding carboxylic acids is 1. The molecule has 1 saturated carbocycles. The predicted molar refractivity (Wildman–Crippen MR) is 145 cm³/mol. The van der Waals surface area contributed by atoms with Crippen molar-refractivity contribution in [3.63, 3.8) is 0 Å². The maximum absolute atomic E-state index is 13.7. The number of amides is 1. The molecule has 0 N–H and O–H groups in total. The molecule has 0 radical (unpaired) electrons. The van der Waals surface area contributed by atoms with Crippen molar-refractivity contribution >= 4 is 29.1 Å². The van der Waals surface area contributed by atoms with Gasteiger partial charge < -0.3 is 14.5 Å². The van der Waals surface area contributed by atoms with Gasteiger partial charge in [-0.05, 0) is 86.5 Å². The maximum Gasteiger partial charge on any atom is 0.227 e. The molecule has 2 aromatic rings. The van der Waals surface area contributed by atoms with Crippen LogP contribution in [0.1, 0.15) is 50.7 Å². The van der Waals surface area contributed by atoms with Crippen LogP contribution < -0.4 is 4.74 Å². The number of fused-ring (bicyclic) bond motifs is 1. The van der Waals surface area contributed by atoms with E-state index >= 15 is 0 Å². The highest BCUT2D eigenvalue weighted by atomic mass is 35.5. The number of halogens is 2. The van der Waals surface area contributed by atoms with E-state index in [9.17, 15) is 4.79 Å². The first-order chi connectivity index (χ1) is 16.7. The molecule has 3 atom stereocenters. The summed E-state index contributed by atoms with van der Waals surface area (Å²) >= 11 is 12.3. The van der Waals surface area contributed by atoms with Gasteiger partial charge in [-0.1, -0.05) is 55.2 Å². The molecule has 4 rings (SSSR count). The number of methoxy groups -OCH3 is 1. The van der Waals surface area contributed by atoms with Gasteiger partial charge in [-0.2, -0.15) is 0 Å². The summed E-state index contributed by atoms with van der Waals surface area (Å²) in [7, 11) is 3.96. The van der Waals surface area contributed by atoms with Crippen molar-refractivity contribution in [2.24, 2.45) is 11.8 Å². The third-order valence-electron chi connectivity index (χ3n) is 8.01. The number of hydrogen-bond acceptors (Lipinski definition) is 3. The van der Waals surface area contributed by atoms with E-state index in [1.165, 1.54) is 5.56 Å². The Morgan fingerprint density at radius 2 is 1.97 bits per heavy atom. The molecular weight excluding hydrogens is 479 g/mol. The monoisotopic (exact) mass is 516 g/mol. The summed E-state index contributed by atoms with van der Waals surface area (Å²) in [5.74, 6) is 2.06. The third kappa shape index (κ3) is 5.81. The molecule has 190 valence electrons. The number of nitrogens with zero attached hydrogens (tertiary/aromatic N) is 2. The van der Waals surface area contributed by atoms with Gasteiger partial charge in [0.2, 0.25) is 5.91 Å². The summed E-state index contributed by atoms with van der Waals surface area (Å²) in [4.78, 5) is 18.4. The summed E-state index contributed by atoms with van der Waals surface area (Å²) in [6.45, 7) is 7.33. The first-order valence-corrected chi connectivity index (χ1v) is 13.5. The van der Waals surface area contributed by atoms with E-state index in [-0.39, 0.29) is 17.4 Å². The molecule has 0 bridgehead atoms. The topological polar surface area (TPSA) is 32.8 Å². The SMILES string of the molecule is COc1cccc([C@@]23CCN(C)C[C@H]2CC[C@H](N(CC(C)C)C(=O)Cc2ccc(Cl)c(Cl)c2)C3)c1. The van der Waals surface area contributed by atoms with Crippen LogP contribution in [-0.2, 0) is 16.6 Å². The Bertz CT molecular complexity index is 1040. The van der Waals surface area contributed by atoms with Gasteiger partial charge in [0.1, 0.15) is 5.75 Å². The van der Waals surface area contributed by atoms with Crippen molar-refractivity contribution in [1.82, 2.24) is 9.80 Å². The molecular formula is C29H38Cl2N2O2.